The first-order valence-electron chi connectivity index (χ1n) is 42.0. The summed E-state index contributed by atoms with van der Waals surface area (Å²) in [4.78, 5) is 12.2. The molecule has 0 radical (unpaired) electrons. The summed E-state index contributed by atoms with van der Waals surface area (Å²) in [6, 6.07) is 143. The second kappa shape index (κ2) is 28.6. The number of hydrogen-bond donors (Lipinski definition) is 0. The molecule has 0 unspecified atom stereocenters. The Bertz CT molecular complexity index is 7960. The van der Waals surface area contributed by atoms with Gasteiger partial charge in [0.15, 0.2) is 5.09 Å². The molecule has 0 saturated carbocycles. The minimum atomic E-state index is 0.0736. The van der Waals surface area contributed by atoms with Crippen molar-refractivity contribution in [2.45, 2.75) is 19.8 Å². The molecule has 0 N–H and O–H groups in total. The summed E-state index contributed by atoms with van der Waals surface area (Å²) in [5, 5.41) is 8.41. The summed E-state index contributed by atoms with van der Waals surface area (Å²) >= 11 is 7.47. The Morgan fingerprint density at radius 1 is 0.242 bits per heavy atom. The molecule has 124 heavy (non-hydrogen) atoms. The smallest absolute Gasteiger partial charge is 0.264 e. The molecular weight excluding hydrogens is 1590 g/mol. The molecule has 5 aromatic heterocycles. The summed E-state index contributed by atoms with van der Waals surface area (Å²) in [6.45, 7) is 0.429. The van der Waals surface area contributed by atoms with Gasteiger partial charge >= 0.3 is 0 Å². The number of para-hydroxylation sites is 9. The lowest BCUT2D eigenvalue weighted by Crippen LogP contribution is -2.52. The van der Waals surface area contributed by atoms with Gasteiger partial charge in [0.25, 0.3) is 13.4 Å². The van der Waals surface area contributed by atoms with Gasteiger partial charge in [0.2, 0.25) is 6.71 Å². The Morgan fingerprint density at radius 2 is 0.726 bits per heavy atom. The normalized spacial score (nSPS) is 12.8. The number of rotatable bonds is 10. The molecule has 7 nitrogen and oxygen atoms in total. The molecule has 0 saturated heterocycles. The fraction of sp³-hybridized carbons (Fsp3) is 0. The number of nitrogens with zero attached hydrogens (tertiary/aromatic N) is 3. The number of ether oxygens (including phenoxy) is 1. The first-order chi connectivity index (χ1) is 61.5. The summed E-state index contributed by atoms with van der Waals surface area (Å²) < 4.78 is 30.5. The Morgan fingerprint density at radius 3 is 1.33 bits per heavy atom. The number of thiophene rings is 2. The van der Waals surface area contributed by atoms with Gasteiger partial charge in [-0.3, -0.25) is 0 Å². The van der Waals surface area contributed by atoms with Gasteiger partial charge in [-0.2, -0.15) is 0 Å². The summed E-state index contributed by atoms with van der Waals surface area (Å²) in [7, 11) is 0. The third kappa shape index (κ3) is 11.3. The highest BCUT2D eigenvalue weighted by Crippen LogP contribution is 2.51. The lowest BCUT2D eigenvalue weighted by Gasteiger charge is -2.29. The van der Waals surface area contributed by atoms with Gasteiger partial charge in [-0.15, -0.1) is 22.7 Å². The average molecular weight is 1650 g/mol. The van der Waals surface area contributed by atoms with Crippen molar-refractivity contribution in [1.82, 2.24) is 0 Å². The Kier molecular flexibility index (Phi) is 16.5. The van der Waals surface area contributed by atoms with Crippen molar-refractivity contribution >= 4 is 230 Å². The van der Waals surface area contributed by atoms with E-state index in [1.807, 2.05) is 46.6 Å². The number of furan rings is 3. The van der Waals surface area contributed by atoms with Gasteiger partial charge in [0.1, 0.15) is 39.6 Å². The molecule has 11 heterocycles. The van der Waals surface area contributed by atoms with E-state index < -0.39 is 0 Å². The van der Waals surface area contributed by atoms with E-state index in [1.165, 1.54) is 149 Å². The zero-order valence-electron chi connectivity index (χ0n) is 66.4. The number of fused-ring (bicyclic) bond motifs is 26. The van der Waals surface area contributed by atoms with Gasteiger partial charge < -0.3 is 32.7 Å². The predicted molar refractivity (Wildman–Crippen MR) is 524 cm³/mol. The van der Waals surface area contributed by atoms with Crippen molar-refractivity contribution in [2.24, 2.45) is 0 Å². The van der Waals surface area contributed by atoms with E-state index in [0.717, 1.165) is 90.2 Å². The van der Waals surface area contributed by atoms with Gasteiger partial charge in [-0.05, 0) is 233 Å². The van der Waals surface area contributed by atoms with Crippen LogP contribution >= 0.6 is 46.2 Å². The first-order valence-corrected chi connectivity index (χ1v) is 45.3. The van der Waals surface area contributed by atoms with Crippen LogP contribution in [0, 0.1) is 0 Å². The van der Waals surface area contributed by atoms with Crippen LogP contribution in [0.15, 0.2) is 433 Å². The molecule has 0 fully saturated rings. The molecule has 28 rings (SSSR count). The van der Waals surface area contributed by atoms with Crippen LogP contribution in [0.4, 0.5) is 51.2 Å². The second-order valence-corrected chi connectivity index (χ2v) is 36.5. The van der Waals surface area contributed by atoms with Gasteiger partial charge in [0.05, 0.1) is 0 Å². The maximum absolute atomic E-state index is 6.88. The topological polar surface area (TPSA) is 58.4 Å². The van der Waals surface area contributed by atoms with E-state index in [2.05, 4.69) is 403 Å². The predicted octanol–water partition coefficient (Wildman–Crippen LogP) is 25.5. The van der Waals surface area contributed by atoms with Crippen LogP contribution in [0.1, 0.15) is 0 Å². The molecule has 0 spiro atoms. The van der Waals surface area contributed by atoms with E-state index in [4.69, 9.17) is 18.0 Å². The standard InChI is InChI=1S/C38H22BNOS2.C38H24BNOS.C34H20BNO2S/c1-3-11-23(12-4-1)40(24-13-5-2-6-14-24)25-19-29-36-35(20-25)42-34-22-32-28(26-15-7-9-17-31(26)41-32)21-30(34)39(36)37-27-16-8-10-18-33(27)43-38(29)37;1-4-12-25(13-5-1)26-22-31-36-30-18-10-11-19-35(30)42-38(36)39-32-21-20-29(24-33(32)41-34(23-26)37(31)39)40(27-14-6-2-7-15-27)28-16-8-3-9-17-28;1-3-11-21(12-4-1)36(22-13-5-2-6-14-22)23-19-26-30-29(20-23)39-34-32(25-16-8-10-18-28(25)38-34)35(30)31-24-15-7-9-17-27(24)37-33(26)31/h1-22H;1-24H;1-20H. The van der Waals surface area contributed by atoms with Crippen LogP contribution in [0.2, 0.25) is 0 Å². The molecule has 0 aliphatic carbocycles. The minimum Gasteiger partial charge on any atom is -0.458 e. The lowest BCUT2D eigenvalue weighted by molar-refractivity contribution is 0.488. The van der Waals surface area contributed by atoms with E-state index in [9.17, 15) is 0 Å². The quantitative estimate of drug-likeness (QED) is 0.125. The van der Waals surface area contributed by atoms with E-state index in [-0.39, 0.29) is 20.1 Å². The van der Waals surface area contributed by atoms with Gasteiger partial charge in [0, 0.05) is 113 Å². The first kappa shape index (κ1) is 71.4. The molecule has 17 aromatic carbocycles. The third-order valence-electron chi connectivity index (χ3n) is 25.4. The van der Waals surface area contributed by atoms with Crippen LogP contribution in [-0.4, -0.2) is 20.1 Å². The van der Waals surface area contributed by atoms with Crippen LogP contribution in [0.25, 0.3) is 108 Å². The Labute approximate surface area is 732 Å². The zero-order valence-corrected chi connectivity index (χ0v) is 69.7. The fourth-order valence-corrected chi connectivity index (χ4v) is 25.2. The molecule has 0 amide bonds. The molecule has 14 heteroatoms. The molecule has 0 atom stereocenters. The SMILES string of the molecule is c1ccc(-c2cc3c4c(c2)-c2c(sc5ccccc25)B4c2ccc(N(c4ccccc4)c4ccccc4)cc2O3)cc1.c1ccc(N(c2ccccc2)c2cc3c4c(c2)-c2oc5ccccc5c2B4c2c(oc4ccccc24)S3)cc1.c1ccc(N(c2ccccc2)c2cc3c4c(c2)-c2sc5ccccc5c2B4c2cc4c(cc2S3)oc2ccccc24)cc1. The Balaban J connectivity index is 0.0000000996. The van der Waals surface area contributed by atoms with Crippen molar-refractivity contribution in [3.05, 3.63) is 400 Å². The third-order valence-corrected chi connectivity index (χ3v) is 30.0. The second-order valence-electron chi connectivity index (χ2n) is 32.3. The molecule has 0 bridgehead atoms. The fourth-order valence-electron chi connectivity index (χ4n) is 20.2. The van der Waals surface area contributed by atoms with Crippen LogP contribution in [0.3, 0.4) is 0 Å². The number of anilines is 9. The van der Waals surface area contributed by atoms with E-state index in [1.54, 1.807) is 11.8 Å². The highest BCUT2D eigenvalue weighted by atomic mass is 32.2. The highest BCUT2D eigenvalue weighted by molar-refractivity contribution is 8.00. The van der Waals surface area contributed by atoms with Crippen molar-refractivity contribution < 1.29 is 18.0 Å². The summed E-state index contributed by atoms with van der Waals surface area (Å²) in [5.74, 6) is 2.85. The maximum Gasteiger partial charge on any atom is 0.264 e. The molecule has 578 valence electrons. The van der Waals surface area contributed by atoms with Crippen LogP contribution in [-0.2, 0) is 0 Å². The zero-order chi connectivity index (χ0) is 81.2. The average Bonchev–Trinajstić information content (AvgIpc) is 1.52. The molecule has 6 aliphatic rings. The van der Waals surface area contributed by atoms with Crippen molar-refractivity contribution in [1.29, 1.82) is 0 Å². The highest BCUT2D eigenvalue weighted by Gasteiger charge is 2.49. The summed E-state index contributed by atoms with van der Waals surface area (Å²) in [6.07, 6.45) is 0. The number of benzene rings is 17. The summed E-state index contributed by atoms with van der Waals surface area (Å²) in [5.41, 5.74) is 32.1. The molecular formula is C110H66B3N3O4S4. The van der Waals surface area contributed by atoms with Crippen LogP contribution < -0.4 is 67.9 Å². The monoisotopic (exact) mass is 1650 g/mol. The van der Waals surface area contributed by atoms with Gasteiger partial charge in [-0.1, -0.05) is 272 Å². The minimum absolute atomic E-state index is 0.0736. The maximum atomic E-state index is 6.88. The van der Waals surface area contributed by atoms with Crippen molar-refractivity contribution in [3.63, 3.8) is 0 Å². The number of hydrogen-bond acceptors (Lipinski definition) is 11. The lowest BCUT2D eigenvalue weighted by atomic mass is 9.38. The van der Waals surface area contributed by atoms with Crippen molar-refractivity contribution in [3.8, 4) is 55.5 Å². The van der Waals surface area contributed by atoms with Crippen molar-refractivity contribution in [2.75, 3.05) is 14.7 Å². The largest absolute Gasteiger partial charge is 0.458 e. The Hall–Kier alpha value is -14.4. The van der Waals surface area contributed by atoms with E-state index >= 15 is 0 Å². The van der Waals surface area contributed by atoms with Gasteiger partial charge in [-0.25, -0.2) is 0 Å². The molecule has 6 aliphatic heterocycles. The molecule has 22 aromatic rings. The van der Waals surface area contributed by atoms with E-state index in [0.29, 0.717) is 0 Å². The van der Waals surface area contributed by atoms with Crippen LogP contribution in [0.5, 0.6) is 11.5 Å².